The number of nitrogens with two attached hydrogens (primary N) is 3. The van der Waals surface area contributed by atoms with Crippen LogP contribution in [0, 0.1) is 11.8 Å². The molecule has 0 aromatic heterocycles. The number of carbonyl (C=O) groups excluding carboxylic acids is 10. The van der Waals surface area contributed by atoms with Gasteiger partial charge in [0.05, 0.1) is 18.9 Å². The Morgan fingerprint density at radius 1 is 0.500 bits per heavy atom. The van der Waals surface area contributed by atoms with E-state index in [2.05, 4.69) is 67.8 Å². The molecule has 0 fully saturated rings. The molecule has 70 heavy (non-hydrogen) atoms. The molecule has 396 valence electrons. The molecule has 0 spiro atoms. The maximum atomic E-state index is 13.7. The minimum absolute atomic E-state index is 0.0314. The van der Waals surface area contributed by atoms with E-state index in [9.17, 15) is 72.5 Å². The van der Waals surface area contributed by atoms with Crippen LogP contribution in [0.3, 0.4) is 0 Å². The van der Waals surface area contributed by atoms with Gasteiger partial charge in [-0.05, 0) is 43.1 Å². The Labute approximate surface area is 418 Å². The van der Waals surface area contributed by atoms with Crippen LogP contribution in [-0.2, 0) is 62.3 Å². The number of thioether (sulfide) groups is 1. The Bertz CT molecular complexity index is 1900. The van der Waals surface area contributed by atoms with Crippen molar-refractivity contribution in [2.45, 2.75) is 133 Å². The van der Waals surface area contributed by atoms with Crippen molar-refractivity contribution in [1.82, 2.24) is 42.5 Å². The molecule has 0 aliphatic rings. The molecule has 17 N–H and O–H groups in total. The highest BCUT2D eigenvalue weighted by molar-refractivity contribution is 7.98. The number of nitrogens with one attached hydrogen (secondary N) is 8. The molecule has 0 unspecified atom stereocenters. The van der Waals surface area contributed by atoms with Crippen molar-refractivity contribution in [3.63, 3.8) is 0 Å². The third-order valence-electron chi connectivity index (χ3n) is 10.3. The van der Waals surface area contributed by atoms with Gasteiger partial charge in [-0.25, -0.2) is 4.79 Å². The zero-order valence-electron chi connectivity index (χ0n) is 39.3. The fourth-order valence-electron chi connectivity index (χ4n) is 6.02. The lowest BCUT2D eigenvalue weighted by molar-refractivity contribution is -0.143. The summed E-state index contributed by atoms with van der Waals surface area (Å²) in [4.78, 5) is 165. The molecule has 0 saturated heterocycles. The highest BCUT2D eigenvalue weighted by Gasteiger charge is 2.37. The SMILES string of the molecule is CC[C@H](C)[C@H](NC(=O)[C@H](CS)NC(=O)[C@H](CC(=O)O)NC(=O)[C@H](CCC(N)=O)NC(=O)[C@H](CS)NC(=O)[C@@H](NC(=O)[C@@H](N)CC(=O)O)C(C)C)C(=O)N[C@@H](CCC(N)=O)C(=O)N[C@@H](CCSC)C(=O)O. The van der Waals surface area contributed by atoms with E-state index in [1.54, 1.807) is 20.1 Å². The van der Waals surface area contributed by atoms with E-state index >= 15 is 0 Å². The second-order valence-corrected chi connectivity index (χ2v) is 18.0. The Morgan fingerprint density at radius 3 is 1.29 bits per heavy atom. The van der Waals surface area contributed by atoms with Gasteiger partial charge in [0.25, 0.3) is 0 Å². The molecular weight excluding hydrogens is 987 g/mol. The fraction of sp³-hybridized carbons (Fsp3) is 0.675. The van der Waals surface area contributed by atoms with Gasteiger partial charge in [0.1, 0.15) is 48.3 Å². The van der Waals surface area contributed by atoms with Crippen LogP contribution in [0.1, 0.15) is 79.1 Å². The van der Waals surface area contributed by atoms with E-state index in [4.69, 9.17) is 22.3 Å². The van der Waals surface area contributed by atoms with Crippen molar-refractivity contribution < 1.29 is 77.6 Å². The highest BCUT2D eigenvalue weighted by Crippen LogP contribution is 2.12. The second-order valence-electron chi connectivity index (χ2n) is 16.3. The maximum absolute atomic E-state index is 13.7. The first-order valence-corrected chi connectivity index (χ1v) is 24.4. The topological polar surface area (TPSA) is 457 Å². The van der Waals surface area contributed by atoms with Gasteiger partial charge in [-0.2, -0.15) is 37.0 Å². The summed E-state index contributed by atoms with van der Waals surface area (Å²) in [7, 11) is 0. The summed E-state index contributed by atoms with van der Waals surface area (Å²) in [6.07, 6.45) is -1.63. The van der Waals surface area contributed by atoms with E-state index in [0.717, 1.165) is 0 Å². The summed E-state index contributed by atoms with van der Waals surface area (Å²) in [5.74, 6) is -16.4. The zero-order valence-corrected chi connectivity index (χ0v) is 41.9. The van der Waals surface area contributed by atoms with E-state index in [1.165, 1.54) is 25.6 Å². The molecule has 0 aromatic carbocycles. The van der Waals surface area contributed by atoms with Crippen LogP contribution in [0.25, 0.3) is 0 Å². The van der Waals surface area contributed by atoms with Crippen molar-refractivity contribution in [2.75, 3.05) is 23.5 Å². The molecule has 0 heterocycles. The van der Waals surface area contributed by atoms with Crippen LogP contribution in [0.5, 0.6) is 0 Å². The van der Waals surface area contributed by atoms with Crippen molar-refractivity contribution in [1.29, 1.82) is 0 Å². The Morgan fingerprint density at radius 2 is 0.871 bits per heavy atom. The number of hydrogen-bond acceptors (Lipinski definition) is 17. The second kappa shape index (κ2) is 32.8. The number of amides is 10. The smallest absolute Gasteiger partial charge is 0.326 e. The molecule has 0 saturated carbocycles. The van der Waals surface area contributed by atoms with Gasteiger partial charge in [-0.1, -0.05) is 34.1 Å². The van der Waals surface area contributed by atoms with Crippen LogP contribution in [0.15, 0.2) is 0 Å². The number of carboxylic acids is 3. The lowest BCUT2D eigenvalue weighted by Crippen LogP contribution is -2.61. The molecule has 27 nitrogen and oxygen atoms in total. The van der Waals surface area contributed by atoms with Gasteiger partial charge in [0, 0.05) is 24.3 Å². The summed E-state index contributed by atoms with van der Waals surface area (Å²) < 4.78 is 0. The Kier molecular flexibility index (Phi) is 30.1. The van der Waals surface area contributed by atoms with Crippen LogP contribution < -0.4 is 59.7 Å². The molecule has 0 aliphatic carbocycles. The van der Waals surface area contributed by atoms with Crippen molar-refractivity contribution in [2.24, 2.45) is 29.0 Å². The molecular formula is C40H67N11O16S3. The van der Waals surface area contributed by atoms with Crippen molar-refractivity contribution in [3.05, 3.63) is 0 Å². The standard InChI is InChI=1S/C40H67N11O16S3/c1-6-18(4)31(39(65)45-21(8-10-27(43)53)33(59)46-22(40(66)67)11-12-70-5)51-37(63)25(16-69)48-35(61)23(14-29(56)57)47-34(60)20(7-9-26(42)52)44-36(62)24(15-68)49-38(64)30(17(2)3)50-32(58)19(41)13-28(54)55/h17-25,30-31,68-69H,6-16,41H2,1-5H3,(H2,42,52)(H2,43,53)(H,44,62)(H,45,65)(H,46,59)(H,47,60)(H,48,61)(H,49,64)(H,50,58)(H,51,63)(H,54,55)(H,56,57)(H,66,67)/t18-,19-,20-,21-,22-,23-,24-,25-,30-,31-/m0/s1. The number of aliphatic carboxylic acids is 3. The van der Waals surface area contributed by atoms with Gasteiger partial charge in [0.2, 0.25) is 59.1 Å². The molecule has 30 heteroatoms. The molecule has 0 aliphatic heterocycles. The summed E-state index contributed by atoms with van der Waals surface area (Å²) in [5, 5.41) is 46.8. The first-order valence-electron chi connectivity index (χ1n) is 21.8. The number of carboxylic acid groups (broad SMARTS) is 3. The molecule has 10 atom stereocenters. The predicted octanol–water partition coefficient (Wildman–Crippen LogP) is -4.93. The summed E-state index contributed by atoms with van der Waals surface area (Å²) in [6, 6.07) is -14.0. The molecule has 0 aromatic rings. The number of rotatable bonds is 35. The van der Waals surface area contributed by atoms with E-state index in [1.807, 2.05) is 0 Å². The molecule has 0 radical (unpaired) electrons. The third-order valence-corrected chi connectivity index (χ3v) is 11.6. The largest absolute Gasteiger partial charge is 0.481 e. The Balaban J connectivity index is 6.43. The summed E-state index contributed by atoms with van der Waals surface area (Å²) >= 11 is 9.53. The van der Waals surface area contributed by atoms with Crippen molar-refractivity contribution >= 4 is 114 Å². The lowest BCUT2D eigenvalue weighted by Gasteiger charge is -2.29. The van der Waals surface area contributed by atoms with E-state index in [0.29, 0.717) is 5.75 Å². The quantitative estimate of drug-likeness (QED) is 0.0265. The van der Waals surface area contributed by atoms with Gasteiger partial charge in [-0.15, -0.1) is 0 Å². The number of primary amides is 2. The van der Waals surface area contributed by atoms with Crippen molar-refractivity contribution in [3.8, 4) is 0 Å². The minimum atomic E-state index is -1.97. The number of hydrogen-bond donors (Lipinski definition) is 16. The normalized spacial score (nSPS) is 15.3. The predicted molar refractivity (Wildman–Crippen MR) is 257 cm³/mol. The summed E-state index contributed by atoms with van der Waals surface area (Å²) in [6.45, 7) is 6.27. The molecule has 0 bridgehead atoms. The molecule has 10 amide bonds. The summed E-state index contributed by atoms with van der Waals surface area (Å²) in [5.41, 5.74) is 16.1. The van der Waals surface area contributed by atoms with Crippen LogP contribution >= 0.6 is 37.0 Å². The van der Waals surface area contributed by atoms with Gasteiger partial charge < -0.3 is 75.1 Å². The number of thiol groups is 2. The maximum Gasteiger partial charge on any atom is 0.326 e. The lowest BCUT2D eigenvalue weighted by atomic mass is 9.97. The first kappa shape index (κ1) is 64.1. The minimum Gasteiger partial charge on any atom is -0.481 e. The third kappa shape index (κ3) is 24.1. The monoisotopic (exact) mass is 1050 g/mol. The number of carbonyl (C=O) groups is 13. The zero-order chi connectivity index (χ0) is 54.0. The van der Waals surface area contributed by atoms with Gasteiger partial charge >= 0.3 is 17.9 Å². The van der Waals surface area contributed by atoms with Gasteiger partial charge in [0.15, 0.2) is 0 Å². The average Bonchev–Trinajstić information content (AvgIpc) is 3.27. The first-order chi connectivity index (χ1) is 32.6. The van der Waals surface area contributed by atoms with Crippen LogP contribution in [-0.4, -0.2) is 170 Å². The van der Waals surface area contributed by atoms with E-state index < -0.39 is 187 Å². The highest BCUT2D eigenvalue weighted by atomic mass is 32.2. The Hall–Kier alpha value is -5.88. The van der Waals surface area contributed by atoms with E-state index in [-0.39, 0.29) is 19.3 Å². The van der Waals surface area contributed by atoms with Crippen LogP contribution in [0.4, 0.5) is 0 Å². The molecule has 0 rings (SSSR count). The van der Waals surface area contributed by atoms with Gasteiger partial charge in [-0.3, -0.25) is 57.5 Å². The van der Waals surface area contributed by atoms with Crippen LogP contribution in [0.2, 0.25) is 0 Å². The average molecular weight is 1050 g/mol. The fourth-order valence-corrected chi connectivity index (χ4v) is 7.01.